The number of anilines is 2. The van der Waals surface area contributed by atoms with E-state index in [1.807, 2.05) is 48.7 Å². The standard InChI is InChI=1S/C26H22FN3O3S2/c1-2-33-21-11-5-17(6-12-21)23-15-35-26(29-23)30-24(31)16-34-22-13-9-20(10-14-22)28-25(32)18-3-7-19(27)8-4-18/h3-15H,2,16H2,1H3,(H,28,32)(H,29,30,31). The van der Waals surface area contributed by atoms with Crippen molar-refractivity contribution in [3.8, 4) is 17.0 Å². The summed E-state index contributed by atoms with van der Waals surface area (Å²) >= 11 is 2.75. The Bertz CT molecular complexity index is 1290. The summed E-state index contributed by atoms with van der Waals surface area (Å²) in [5, 5.41) is 8.04. The molecule has 0 aliphatic carbocycles. The van der Waals surface area contributed by atoms with Gasteiger partial charge in [0.2, 0.25) is 5.91 Å². The second kappa shape index (κ2) is 11.6. The first-order chi connectivity index (χ1) is 17.0. The first-order valence-electron chi connectivity index (χ1n) is 10.8. The highest BCUT2D eigenvalue weighted by Gasteiger charge is 2.10. The molecule has 1 aromatic heterocycles. The van der Waals surface area contributed by atoms with Crippen LogP contribution in [0, 0.1) is 5.82 Å². The number of rotatable bonds is 9. The zero-order chi connectivity index (χ0) is 24.6. The van der Waals surface area contributed by atoms with Crippen LogP contribution in [0.25, 0.3) is 11.3 Å². The molecule has 2 N–H and O–H groups in total. The lowest BCUT2D eigenvalue weighted by atomic mass is 10.2. The number of ether oxygens (including phenoxy) is 1. The van der Waals surface area contributed by atoms with Crippen LogP contribution in [-0.2, 0) is 4.79 Å². The Morgan fingerprint density at radius 1 is 0.971 bits per heavy atom. The van der Waals surface area contributed by atoms with Gasteiger partial charge in [-0.15, -0.1) is 23.1 Å². The van der Waals surface area contributed by atoms with Gasteiger partial charge in [0.1, 0.15) is 11.6 Å². The van der Waals surface area contributed by atoms with E-state index >= 15 is 0 Å². The van der Waals surface area contributed by atoms with Crippen molar-refractivity contribution in [1.82, 2.24) is 4.98 Å². The van der Waals surface area contributed by atoms with Crippen LogP contribution in [0.2, 0.25) is 0 Å². The van der Waals surface area contributed by atoms with Gasteiger partial charge in [-0.25, -0.2) is 9.37 Å². The topological polar surface area (TPSA) is 80.3 Å². The molecule has 2 amide bonds. The maximum atomic E-state index is 13.0. The molecular formula is C26H22FN3O3S2. The number of benzene rings is 3. The van der Waals surface area contributed by atoms with Gasteiger partial charge < -0.3 is 15.4 Å². The van der Waals surface area contributed by atoms with E-state index in [1.165, 1.54) is 47.4 Å². The Hall–Kier alpha value is -3.69. The van der Waals surface area contributed by atoms with Crippen LogP contribution < -0.4 is 15.4 Å². The molecule has 1 heterocycles. The molecule has 0 aliphatic rings. The zero-order valence-corrected chi connectivity index (χ0v) is 20.4. The number of hydrogen-bond donors (Lipinski definition) is 2. The molecule has 178 valence electrons. The van der Waals surface area contributed by atoms with Gasteiger partial charge in [0.25, 0.3) is 5.91 Å². The maximum absolute atomic E-state index is 13.0. The zero-order valence-electron chi connectivity index (χ0n) is 18.8. The summed E-state index contributed by atoms with van der Waals surface area (Å²) in [7, 11) is 0. The molecule has 6 nitrogen and oxygen atoms in total. The summed E-state index contributed by atoms with van der Waals surface area (Å²) in [4.78, 5) is 30.0. The summed E-state index contributed by atoms with van der Waals surface area (Å²) < 4.78 is 18.5. The van der Waals surface area contributed by atoms with Crippen molar-refractivity contribution in [1.29, 1.82) is 0 Å². The summed E-state index contributed by atoms with van der Waals surface area (Å²) in [6.45, 7) is 2.55. The fourth-order valence-electron chi connectivity index (χ4n) is 3.10. The molecule has 0 unspecified atom stereocenters. The van der Waals surface area contributed by atoms with E-state index in [0.717, 1.165) is 21.9 Å². The van der Waals surface area contributed by atoms with E-state index in [-0.39, 0.29) is 17.6 Å². The number of nitrogens with one attached hydrogen (secondary N) is 2. The summed E-state index contributed by atoms with van der Waals surface area (Å²) in [6.07, 6.45) is 0. The number of thiazole rings is 1. The van der Waals surface area contributed by atoms with Gasteiger partial charge >= 0.3 is 0 Å². The molecule has 4 rings (SSSR count). The van der Waals surface area contributed by atoms with Crippen molar-refractivity contribution in [2.24, 2.45) is 0 Å². The molecule has 0 spiro atoms. The molecule has 0 fully saturated rings. The molecular weight excluding hydrogens is 485 g/mol. The van der Waals surface area contributed by atoms with Crippen LogP contribution in [0.5, 0.6) is 5.75 Å². The minimum absolute atomic E-state index is 0.156. The molecule has 0 radical (unpaired) electrons. The molecule has 0 saturated heterocycles. The molecule has 0 aliphatic heterocycles. The monoisotopic (exact) mass is 507 g/mol. The van der Waals surface area contributed by atoms with Gasteiger partial charge in [0.15, 0.2) is 5.13 Å². The summed E-state index contributed by atoms with van der Waals surface area (Å²) in [6, 6.07) is 20.2. The lowest BCUT2D eigenvalue weighted by Crippen LogP contribution is -2.13. The molecule has 9 heteroatoms. The highest BCUT2D eigenvalue weighted by molar-refractivity contribution is 8.00. The van der Waals surface area contributed by atoms with E-state index < -0.39 is 5.82 Å². The van der Waals surface area contributed by atoms with Crippen molar-refractivity contribution < 1.29 is 18.7 Å². The van der Waals surface area contributed by atoms with Gasteiger partial charge in [0.05, 0.1) is 18.1 Å². The number of aromatic nitrogens is 1. The van der Waals surface area contributed by atoms with E-state index in [9.17, 15) is 14.0 Å². The summed E-state index contributed by atoms with van der Waals surface area (Å²) in [5.74, 6) is 0.156. The van der Waals surface area contributed by atoms with E-state index in [4.69, 9.17) is 4.74 Å². The molecule has 35 heavy (non-hydrogen) atoms. The van der Waals surface area contributed by atoms with Crippen molar-refractivity contribution in [3.05, 3.63) is 89.6 Å². The molecule has 3 aromatic carbocycles. The van der Waals surface area contributed by atoms with E-state index in [1.54, 1.807) is 12.1 Å². The molecule has 0 saturated carbocycles. The molecule has 0 atom stereocenters. The number of amides is 2. The maximum Gasteiger partial charge on any atom is 0.255 e. The van der Waals surface area contributed by atoms with Gasteiger partial charge in [0, 0.05) is 27.1 Å². The van der Waals surface area contributed by atoms with Crippen LogP contribution in [0.15, 0.2) is 83.1 Å². The second-order valence-electron chi connectivity index (χ2n) is 7.32. The minimum Gasteiger partial charge on any atom is -0.494 e. The Morgan fingerprint density at radius 2 is 1.69 bits per heavy atom. The average Bonchev–Trinajstić information content (AvgIpc) is 3.33. The van der Waals surface area contributed by atoms with Crippen LogP contribution in [-0.4, -0.2) is 29.2 Å². The van der Waals surface area contributed by atoms with E-state index in [2.05, 4.69) is 15.6 Å². The highest BCUT2D eigenvalue weighted by Crippen LogP contribution is 2.27. The van der Waals surface area contributed by atoms with Crippen molar-refractivity contribution in [2.75, 3.05) is 23.0 Å². The quantitative estimate of drug-likeness (QED) is 0.259. The fraction of sp³-hybridized carbons (Fsp3) is 0.115. The second-order valence-corrected chi connectivity index (χ2v) is 9.22. The number of carbonyl (C=O) groups is 2. The highest BCUT2D eigenvalue weighted by atomic mass is 32.2. The Kier molecular flexibility index (Phi) is 8.12. The predicted octanol–water partition coefficient (Wildman–Crippen LogP) is 6.33. The third-order valence-electron chi connectivity index (χ3n) is 4.80. The van der Waals surface area contributed by atoms with Crippen LogP contribution in [0.1, 0.15) is 17.3 Å². The SMILES string of the molecule is CCOc1ccc(-c2csc(NC(=O)CSc3ccc(NC(=O)c4ccc(F)cc4)cc3)n2)cc1. The number of carbonyl (C=O) groups excluding carboxylic acids is 2. The van der Waals surface area contributed by atoms with Crippen LogP contribution in [0.4, 0.5) is 15.2 Å². The van der Waals surface area contributed by atoms with E-state index in [0.29, 0.717) is 23.0 Å². The Balaban J connectivity index is 1.26. The smallest absolute Gasteiger partial charge is 0.255 e. The van der Waals surface area contributed by atoms with Crippen LogP contribution >= 0.6 is 23.1 Å². The minimum atomic E-state index is -0.394. The normalized spacial score (nSPS) is 10.6. The number of thioether (sulfide) groups is 1. The largest absolute Gasteiger partial charge is 0.494 e. The fourth-order valence-corrected chi connectivity index (χ4v) is 4.53. The van der Waals surface area contributed by atoms with Crippen molar-refractivity contribution in [3.63, 3.8) is 0 Å². The Morgan fingerprint density at radius 3 is 2.37 bits per heavy atom. The first-order valence-corrected chi connectivity index (χ1v) is 12.6. The van der Waals surface area contributed by atoms with Crippen molar-refractivity contribution in [2.45, 2.75) is 11.8 Å². The number of halogens is 1. The van der Waals surface area contributed by atoms with Gasteiger partial charge in [-0.3, -0.25) is 9.59 Å². The Labute approximate surface area is 210 Å². The van der Waals surface area contributed by atoms with Gasteiger partial charge in [-0.2, -0.15) is 0 Å². The third-order valence-corrected chi connectivity index (χ3v) is 6.57. The average molecular weight is 508 g/mol. The molecule has 0 bridgehead atoms. The number of nitrogens with zero attached hydrogens (tertiary/aromatic N) is 1. The van der Waals surface area contributed by atoms with Gasteiger partial charge in [-0.1, -0.05) is 0 Å². The predicted molar refractivity (Wildman–Crippen MR) is 139 cm³/mol. The van der Waals surface area contributed by atoms with Crippen molar-refractivity contribution >= 4 is 45.7 Å². The lowest BCUT2D eigenvalue weighted by Gasteiger charge is -2.07. The summed E-state index contributed by atoms with van der Waals surface area (Å²) in [5.41, 5.74) is 2.72. The van der Waals surface area contributed by atoms with Gasteiger partial charge in [-0.05, 0) is 79.7 Å². The number of hydrogen-bond acceptors (Lipinski definition) is 6. The molecule has 4 aromatic rings. The van der Waals surface area contributed by atoms with Crippen LogP contribution in [0.3, 0.4) is 0 Å². The third kappa shape index (κ3) is 6.91. The first kappa shape index (κ1) is 24.4. The lowest BCUT2D eigenvalue weighted by molar-refractivity contribution is -0.113.